The Balaban J connectivity index is 1.34. The summed E-state index contributed by atoms with van der Waals surface area (Å²) in [5, 5.41) is 7.17. The predicted molar refractivity (Wildman–Crippen MR) is 117 cm³/mol. The summed E-state index contributed by atoms with van der Waals surface area (Å²) in [6, 6.07) is 10.1. The highest BCUT2D eigenvalue weighted by atomic mass is 16.5. The van der Waals surface area contributed by atoms with Crippen LogP contribution in [0.25, 0.3) is 0 Å². The van der Waals surface area contributed by atoms with Crippen molar-refractivity contribution >= 4 is 5.91 Å². The van der Waals surface area contributed by atoms with E-state index >= 15 is 0 Å². The van der Waals surface area contributed by atoms with Crippen LogP contribution in [0.3, 0.4) is 0 Å². The lowest BCUT2D eigenvalue weighted by molar-refractivity contribution is -0.126. The van der Waals surface area contributed by atoms with Gasteiger partial charge in [-0.3, -0.25) is 9.69 Å². The molecule has 3 heterocycles. The Morgan fingerprint density at radius 1 is 1.23 bits per heavy atom. The summed E-state index contributed by atoms with van der Waals surface area (Å²) in [5.74, 6) is 1.83. The van der Waals surface area contributed by atoms with E-state index in [1.807, 2.05) is 44.2 Å². The van der Waals surface area contributed by atoms with E-state index in [4.69, 9.17) is 14.0 Å². The zero-order chi connectivity index (χ0) is 21.6. The van der Waals surface area contributed by atoms with Gasteiger partial charge in [-0.25, -0.2) is 0 Å². The number of aromatic nitrogens is 1. The maximum Gasteiger partial charge on any atom is 0.237 e. The summed E-state index contributed by atoms with van der Waals surface area (Å²) in [6.07, 6.45) is 4.38. The molecule has 2 saturated heterocycles. The van der Waals surface area contributed by atoms with Crippen LogP contribution < -0.4 is 10.1 Å². The third kappa shape index (κ3) is 5.46. The molecule has 4 rings (SSSR count). The summed E-state index contributed by atoms with van der Waals surface area (Å²) in [5.41, 5.74) is 2.08. The molecule has 1 amide bonds. The fraction of sp³-hybridized carbons (Fsp3) is 0.583. The van der Waals surface area contributed by atoms with Gasteiger partial charge in [0, 0.05) is 44.3 Å². The highest BCUT2D eigenvalue weighted by Crippen LogP contribution is 2.28. The molecule has 0 unspecified atom stereocenters. The number of nitrogens with one attached hydrogen (secondary N) is 1. The van der Waals surface area contributed by atoms with Gasteiger partial charge >= 0.3 is 0 Å². The molecule has 2 aliphatic heterocycles. The SMILES string of the molecule is Cc1noc(C)c1CCCNC(=O)[C@@H]1C[C@H](Oc2ccccc2)CN1C1CCOCC1. The number of carbonyl (C=O) groups excluding carboxylic acids is 1. The van der Waals surface area contributed by atoms with Gasteiger partial charge in [0.05, 0.1) is 11.7 Å². The van der Waals surface area contributed by atoms with Crippen LogP contribution in [0, 0.1) is 13.8 Å². The Bertz CT molecular complexity index is 828. The van der Waals surface area contributed by atoms with E-state index in [0.29, 0.717) is 19.0 Å². The second kappa shape index (κ2) is 10.3. The number of ether oxygens (including phenoxy) is 2. The Morgan fingerprint density at radius 2 is 2.00 bits per heavy atom. The molecule has 0 spiro atoms. The first-order valence-corrected chi connectivity index (χ1v) is 11.4. The van der Waals surface area contributed by atoms with Gasteiger partial charge in [-0.2, -0.15) is 0 Å². The molecule has 1 aromatic heterocycles. The first-order chi connectivity index (χ1) is 15.1. The lowest BCUT2D eigenvalue weighted by Crippen LogP contribution is -2.49. The van der Waals surface area contributed by atoms with E-state index in [2.05, 4.69) is 15.4 Å². The number of para-hydroxylation sites is 1. The second-order valence-electron chi connectivity index (χ2n) is 8.54. The molecule has 2 fully saturated rings. The first-order valence-electron chi connectivity index (χ1n) is 11.4. The van der Waals surface area contributed by atoms with Gasteiger partial charge in [0.25, 0.3) is 0 Å². The van der Waals surface area contributed by atoms with Crippen molar-refractivity contribution in [2.75, 3.05) is 26.3 Å². The van der Waals surface area contributed by atoms with Crippen molar-refractivity contribution in [1.82, 2.24) is 15.4 Å². The van der Waals surface area contributed by atoms with Crippen molar-refractivity contribution in [1.29, 1.82) is 0 Å². The molecular formula is C24H33N3O4. The number of hydrogen-bond acceptors (Lipinski definition) is 6. The summed E-state index contributed by atoms with van der Waals surface area (Å²) in [6.45, 7) is 6.84. The van der Waals surface area contributed by atoms with Crippen molar-refractivity contribution < 1.29 is 18.8 Å². The number of nitrogens with zero attached hydrogens (tertiary/aromatic N) is 2. The highest BCUT2D eigenvalue weighted by Gasteiger charge is 2.41. The van der Waals surface area contributed by atoms with Crippen molar-refractivity contribution in [3.63, 3.8) is 0 Å². The minimum absolute atomic E-state index is 0.0169. The lowest BCUT2D eigenvalue weighted by atomic mass is 10.1. The minimum atomic E-state index is -0.157. The summed E-state index contributed by atoms with van der Waals surface area (Å²) < 4.78 is 17.0. The van der Waals surface area contributed by atoms with Crippen LogP contribution in [0.1, 0.15) is 42.7 Å². The van der Waals surface area contributed by atoms with Crippen LogP contribution in [0.4, 0.5) is 0 Å². The molecule has 0 radical (unpaired) electrons. The largest absolute Gasteiger partial charge is 0.489 e. The first kappa shape index (κ1) is 21.8. The van der Waals surface area contributed by atoms with Crippen molar-refractivity contribution in [3.8, 4) is 5.75 Å². The van der Waals surface area contributed by atoms with Gasteiger partial charge in [-0.15, -0.1) is 0 Å². The van der Waals surface area contributed by atoms with E-state index in [1.165, 1.54) is 0 Å². The maximum atomic E-state index is 13.1. The van der Waals surface area contributed by atoms with Crippen LogP contribution in [0.2, 0.25) is 0 Å². The van der Waals surface area contributed by atoms with Crippen molar-refractivity contribution in [2.45, 2.75) is 64.1 Å². The highest BCUT2D eigenvalue weighted by molar-refractivity contribution is 5.82. The van der Waals surface area contributed by atoms with Crippen LogP contribution in [-0.4, -0.2) is 60.5 Å². The van der Waals surface area contributed by atoms with Gasteiger partial charge in [0.1, 0.15) is 17.6 Å². The molecule has 0 saturated carbocycles. The number of rotatable bonds is 8. The zero-order valence-corrected chi connectivity index (χ0v) is 18.5. The Labute approximate surface area is 184 Å². The van der Waals surface area contributed by atoms with E-state index in [1.54, 1.807) is 0 Å². The summed E-state index contributed by atoms with van der Waals surface area (Å²) in [4.78, 5) is 15.5. The number of likely N-dealkylation sites (tertiary alicyclic amines) is 1. The molecule has 2 atom stereocenters. The standard InChI is InChI=1S/C24H33N3O4/c1-17-22(18(2)31-26-17)9-6-12-25-24(28)23-15-21(30-20-7-4-3-5-8-20)16-27(23)19-10-13-29-14-11-19/h3-5,7-8,19,21,23H,6,9-16H2,1-2H3,(H,25,28)/t21-,23-/m0/s1. The molecular weight excluding hydrogens is 394 g/mol. The average Bonchev–Trinajstić information content (AvgIpc) is 3.36. The zero-order valence-electron chi connectivity index (χ0n) is 18.5. The molecule has 168 valence electrons. The van der Waals surface area contributed by atoms with E-state index in [0.717, 1.165) is 68.2 Å². The maximum absolute atomic E-state index is 13.1. The number of hydrogen-bond donors (Lipinski definition) is 1. The normalized spacial score (nSPS) is 22.5. The predicted octanol–water partition coefficient (Wildman–Crippen LogP) is 3.04. The van der Waals surface area contributed by atoms with Gasteiger partial charge in [0.15, 0.2) is 0 Å². The summed E-state index contributed by atoms with van der Waals surface area (Å²) >= 11 is 0. The van der Waals surface area contributed by atoms with Crippen molar-refractivity contribution in [2.24, 2.45) is 0 Å². The van der Waals surface area contributed by atoms with Crippen LogP contribution in [0.15, 0.2) is 34.9 Å². The number of carbonyl (C=O) groups is 1. The Morgan fingerprint density at radius 3 is 2.71 bits per heavy atom. The molecule has 1 N–H and O–H groups in total. The van der Waals surface area contributed by atoms with Crippen molar-refractivity contribution in [3.05, 3.63) is 47.3 Å². The van der Waals surface area contributed by atoms with E-state index in [9.17, 15) is 4.79 Å². The average molecular weight is 428 g/mol. The lowest BCUT2D eigenvalue weighted by Gasteiger charge is -2.34. The smallest absolute Gasteiger partial charge is 0.237 e. The quantitative estimate of drug-likeness (QED) is 0.653. The monoisotopic (exact) mass is 427 g/mol. The van der Waals surface area contributed by atoms with Gasteiger partial charge in [-0.05, 0) is 51.7 Å². The molecule has 0 bridgehead atoms. The van der Waals surface area contributed by atoms with Crippen LogP contribution >= 0.6 is 0 Å². The van der Waals surface area contributed by atoms with Crippen LogP contribution in [0.5, 0.6) is 5.75 Å². The fourth-order valence-corrected chi connectivity index (χ4v) is 4.73. The van der Waals surface area contributed by atoms with Gasteiger partial charge < -0.3 is 19.3 Å². The fourth-order valence-electron chi connectivity index (χ4n) is 4.73. The molecule has 0 aliphatic carbocycles. The third-order valence-corrected chi connectivity index (χ3v) is 6.39. The summed E-state index contributed by atoms with van der Waals surface area (Å²) in [7, 11) is 0. The molecule has 7 nitrogen and oxygen atoms in total. The molecule has 7 heteroatoms. The third-order valence-electron chi connectivity index (χ3n) is 6.39. The van der Waals surface area contributed by atoms with Gasteiger partial charge in [0.2, 0.25) is 5.91 Å². The molecule has 1 aromatic carbocycles. The Kier molecular flexibility index (Phi) is 7.25. The van der Waals surface area contributed by atoms with E-state index < -0.39 is 0 Å². The second-order valence-corrected chi connectivity index (χ2v) is 8.54. The number of aryl methyl sites for hydroxylation is 2. The molecule has 2 aromatic rings. The van der Waals surface area contributed by atoms with Gasteiger partial charge in [-0.1, -0.05) is 23.4 Å². The number of amides is 1. The van der Waals surface area contributed by atoms with Crippen LogP contribution in [-0.2, 0) is 16.0 Å². The molecule has 31 heavy (non-hydrogen) atoms. The van der Waals surface area contributed by atoms with E-state index in [-0.39, 0.29) is 18.1 Å². The topological polar surface area (TPSA) is 76.8 Å². The molecule has 2 aliphatic rings. The number of benzene rings is 1. The Hall–Kier alpha value is -2.38. The minimum Gasteiger partial charge on any atom is -0.489 e.